The van der Waals surface area contributed by atoms with Crippen LogP contribution >= 0.6 is 23.2 Å². The Morgan fingerprint density at radius 3 is 1.43 bits per heavy atom. The molecule has 17 nitrogen and oxygen atoms in total. The average molecular weight is 1010 g/mol. The first-order valence-corrected chi connectivity index (χ1v) is 25.2. The lowest BCUT2D eigenvalue weighted by Gasteiger charge is -2.16. The number of nitrogens with one attached hydrogen (secondary N) is 5. The van der Waals surface area contributed by atoms with Crippen molar-refractivity contribution in [3.8, 4) is 11.5 Å². The molecule has 7 N–H and O–H groups in total. The van der Waals surface area contributed by atoms with Crippen molar-refractivity contribution in [1.29, 1.82) is 0 Å². The van der Waals surface area contributed by atoms with Gasteiger partial charge in [0.05, 0.1) is 69.7 Å². The zero-order chi connectivity index (χ0) is 49.8. The monoisotopic (exact) mass is 1010 g/mol. The van der Waals surface area contributed by atoms with Gasteiger partial charge >= 0.3 is 0 Å². The minimum absolute atomic E-state index is 0.163. The molecule has 2 heterocycles. The van der Waals surface area contributed by atoms with E-state index < -0.39 is 30.2 Å². The van der Waals surface area contributed by atoms with E-state index in [2.05, 4.69) is 46.5 Å². The molecule has 6 aromatic rings. The molecule has 0 saturated carbocycles. The van der Waals surface area contributed by atoms with Crippen molar-refractivity contribution < 1.29 is 31.1 Å². The second-order valence-electron chi connectivity index (χ2n) is 15.8. The van der Waals surface area contributed by atoms with Crippen LogP contribution in [0.25, 0.3) is 0 Å². The zero-order valence-corrected chi connectivity index (χ0v) is 42.1. The Kier molecular flexibility index (Phi) is 18.3. The highest BCUT2D eigenvalue weighted by molar-refractivity contribution is 7.92. The second kappa shape index (κ2) is 23.7. The highest BCUT2D eigenvalue weighted by atomic mass is 35.5. The van der Waals surface area contributed by atoms with Crippen LogP contribution in [0.4, 0.5) is 46.3 Å². The van der Waals surface area contributed by atoms with Crippen LogP contribution in [0.15, 0.2) is 95.0 Å². The fourth-order valence-electron chi connectivity index (χ4n) is 6.62. The van der Waals surface area contributed by atoms with E-state index in [4.69, 9.17) is 38.4 Å². The Bertz CT molecular complexity index is 2960. The fraction of sp³-hybridized carbons (Fsp3) is 0.298. The maximum Gasteiger partial charge on any atom is 0.229 e. The van der Waals surface area contributed by atoms with E-state index in [9.17, 15) is 21.6 Å². The number of carbonyl (C=O) groups is 1. The summed E-state index contributed by atoms with van der Waals surface area (Å²) in [6, 6.07) is 20.9. The highest BCUT2D eigenvalue weighted by Gasteiger charge is 2.25. The first-order chi connectivity index (χ1) is 32.3. The Morgan fingerprint density at radius 2 is 1.04 bits per heavy atom. The number of anilines is 8. The van der Waals surface area contributed by atoms with Gasteiger partial charge in [-0.2, -0.15) is 9.97 Å². The number of methoxy groups -OCH3 is 2. The molecular weight excluding hydrogens is 952 g/mol. The van der Waals surface area contributed by atoms with E-state index >= 15 is 0 Å². The maximum atomic E-state index is 12.8. The van der Waals surface area contributed by atoms with Gasteiger partial charge in [-0.15, -0.1) is 0 Å². The SMILES string of the molecule is COc1cc(CCN)c(C)cc1Nc1ncc(Cl)c(Nc2ccccc2S(=O)(=O)C(C)C)n1.COc1cc(CCNC=O)c(C)cc1Nc1ncc(Cl)c(Nc2ccccc2S(=O)(=O)C(C)C)n1. The summed E-state index contributed by atoms with van der Waals surface area (Å²) in [5.74, 6) is 2.26. The number of hydrogen-bond acceptors (Lipinski definition) is 16. The maximum absolute atomic E-state index is 12.8. The average Bonchev–Trinajstić information content (AvgIpc) is 3.30. The van der Waals surface area contributed by atoms with E-state index in [1.165, 1.54) is 12.4 Å². The van der Waals surface area contributed by atoms with E-state index in [-0.39, 0.29) is 43.4 Å². The third kappa shape index (κ3) is 13.0. The summed E-state index contributed by atoms with van der Waals surface area (Å²) in [7, 11) is -3.89. The van der Waals surface area contributed by atoms with Crippen molar-refractivity contribution in [2.75, 3.05) is 48.6 Å². The van der Waals surface area contributed by atoms with Crippen LogP contribution in [-0.4, -0.2) is 81.0 Å². The van der Waals surface area contributed by atoms with Crippen molar-refractivity contribution in [3.63, 3.8) is 0 Å². The molecule has 1 amide bonds. The molecule has 0 spiro atoms. The van der Waals surface area contributed by atoms with Gasteiger partial charge in [-0.3, -0.25) is 4.79 Å². The molecule has 0 aliphatic heterocycles. The smallest absolute Gasteiger partial charge is 0.229 e. The number of benzene rings is 4. The minimum Gasteiger partial charge on any atom is -0.495 e. The number of para-hydroxylation sites is 2. The number of halogens is 2. The van der Waals surface area contributed by atoms with Crippen molar-refractivity contribution in [2.24, 2.45) is 5.73 Å². The number of sulfone groups is 2. The van der Waals surface area contributed by atoms with Crippen molar-refractivity contribution in [3.05, 3.63) is 117 Å². The molecule has 4 aromatic carbocycles. The summed E-state index contributed by atoms with van der Waals surface area (Å²) in [5.41, 5.74) is 12.0. The molecule has 68 heavy (non-hydrogen) atoms. The van der Waals surface area contributed by atoms with Crippen LogP contribution in [-0.2, 0) is 37.3 Å². The lowest BCUT2D eigenvalue weighted by atomic mass is 10.0. The van der Waals surface area contributed by atoms with Crippen LogP contribution in [0.5, 0.6) is 11.5 Å². The number of amides is 1. The van der Waals surface area contributed by atoms with Crippen LogP contribution in [0.3, 0.4) is 0 Å². The molecule has 21 heteroatoms. The predicted molar refractivity (Wildman–Crippen MR) is 271 cm³/mol. The van der Waals surface area contributed by atoms with Gasteiger partial charge in [0.25, 0.3) is 0 Å². The number of hydrogen-bond donors (Lipinski definition) is 6. The largest absolute Gasteiger partial charge is 0.495 e. The molecule has 0 fully saturated rings. The summed E-state index contributed by atoms with van der Waals surface area (Å²) >= 11 is 12.6. The molecule has 2 aromatic heterocycles. The normalized spacial score (nSPS) is 11.4. The molecule has 0 atom stereocenters. The molecule has 0 radical (unpaired) electrons. The van der Waals surface area contributed by atoms with E-state index in [1.54, 1.807) is 90.4 Å². The Hall–Kier alpha value is -6.25. The lowest BCUT2D eigenvalue weighted by Crippen LogP contribution is -2.15. The van der Waals surface area contributed by atoms with Crippen molar-refractivity contribution >= 4 is 95.6 Å². The minimum atomic E-state index is -3.53. The topological polar surface area (TPSA) is 242 Å². The van der Waals surface area contributed by atoms with Crippen molar-refractivity contribution in [2.45, 2.75) is 74.7 Å². The third-order valence-electron chi connectivity index (χ3n) is 10.5. The molecule has 0 unspecified atom stereocenters. The molecule has 6 rings (SSSR count). The number of nitrogens with zero attached hydrogens (tertiary/aromatic N) is 4. The summed E-state index contributed by atoms with van der Waals surface area (Å²) < 4.78 is 62.2. The molecule has 0 bridgehead atoms. The summed E-state index contributed by atoms with van der Waals surface area (Å²) in [5, 5.41) is 14.3. The van der Waals surface area contributed by atoms with Gasteiger partial charge in [-0.05, 0) is 132 Å². The van der Waals surface area contributed by atoms with Gasteiger partial charge < -0.3 is 41.8 Å². The second-order valence-corrected chi connectivity index (χ2v) is 21.5. The highest BCUT2D eigenvalue weighted by Crippen LogP contribution is 2.35. The standard InChI is InChI=1S/C24H28ClN5O4S.C23H28ClN5O3S/c1-15(2)35(32,33)22-8-6-5-7-19(22)28-23-18(25)13-27-24(30-23)29-20-11-16(3)17(9-10-26-14-31)12-21(20)34-4;1-14(2)33(30,31)21-8-6-5-7-18(21)27-22-17(24)13-26-23(29-22)28-19-11-15(3)16(9-10-25)12-20(19)32-4/h5-8,11-15H,9-10H2,1-4H3,(H,26,31)(H2,27,28,29,30);5-8,11-14H,9-10,25H2,1-4H3,(H2,26,27,28,29). The first kappa shape index (κ1) is 52.7. The van der Waals surface area contributed by atoms with Crippen LogP contribution < -0.4 is 41.8 Å². The van der Waals surface area contributed by atoms with E-state index in [1.807, 2.05) is 38.1 Å². The number of ether oxygens (including phenoxy) is 2. The van der Waals surface area contributed by atoms with Gasteiger partial charge in [0, 0.05) is 6.54 Å². The number of nitrogens with two attached hydrogens (primary N) is 1. The predicted octanol–water partition coefficient (Wildman–Crippen LogP) is 9.02. The Labute approximate surface area is 407 Å². The van der Waals surface area contributed by atoms with Gasteiger partial charge in [0.15, 0.2) is 31.3 Å². The van der Waals surface area contributed by atoms with Gasteiger partial charge in [0.1, 0.15) is 21.5 Å². The Morgan fingerprint density at radius 1 is 0.632 bits per heavy atom. The number of carbonyl (C=O) groups excluding carboxylic acids is 1. The zero-order valence-electron chi connectivity index (χ0n) is 38.9. The van der Waals surface area contributed by atoms with E-state index in [0.29, 0.717) is 60.2 Å². The molecule has 0 aliphatic rings. The van der Waals surface area contributed by atoms with Gasteiger partial charge in [-0.25, -0.2) is 26.8 Å². The van der Waals surface area contributed by atoms with Gasteiger partial charge in [0.2, 0.25) is 18.3 Å². The third-order valence-corrected chi connectivity index (χ3v) is 15.4. The first-order valence-electron chi connectivity index (χ1n) is 21.4. The summed E-state index contributed by atoms with van der Waals surface area (Å²) in [6.07, 6.45) is 4.94. The summed E-state index contributed by atoms with van der Waals surface area (Å²) in [4.78, 5) is 28.3. The van der Waals surface area contributed by atoms with E-state index in [0.717, 1.165) is 28.7 Å². The summed E-state index contributed by atoms with van der Waals surface area (Å²) in [6.45, 7) is 11.6. The van der Waals surface area contributed by atoms with Crippen molar-refractivity contribution in [1.82, 2.24) is 25.3 Å². The van der Waals surface area contributed by atoms with Crippen LogP contribution in [0.2, 0.25) is 10.0 Å². The number of aryl methyl sites for hydroxylation is 2. The molecule has 362 valence electrons. The molecule has 0 aliphatic carbocycles. The van der Waals surface area contributed by atoms with Crippen LogP contribution in [0, 0.1) is 13.8 Å². The van der Waals surface area contributed by atoms with Crippen LogP contribution in [0.1, 0.15) is 49.9 Å². The lowest BCUT2D eigenvalue weighted by molar-refractivity contribution is -0.109. The van der Waals surface area contributed by atoms with Gasteiger partial charge in [-0.1, -0.05) is 47.5 Å². The molecule has 0 saturated heterocycles. The molecular formula is C47H56Cl2N10O7S2. The quantitative estimate of drug-likeness (QED) is 0.0309. The fourth-order valence-corrected chi connectivity index (χ4v) is 9.30. The number of aromatic nitrogens is 4. The number of rotatable bonds is 20. The Balaban J connectivity index is 0.000000255.